The van der Waals surface area contributed by atoms with Gasteiger partial charge in [0.1, 0.15) is 0 Å². The fraction of sp³-hybridized carbons (Fsp3) is 0.471. The largest absolute Gasteiger partial charge is 0.365 e. The standard InChI is InChI=1S/C17H23N3/c1-3-13-12-20(14(4-2)11-19-13)17-9-10-18-16-8-6-5-7-15(16)17/h5-10,13-14,19H,3-4,11-12H2,1-2H3. The van der Waals surface area contributed by atoms with Crippen molar-refractivity contribution in [3.63, 3.8) is 0 Å². The van der Waals surface area contributed by atoms with E-state index < -0.39 is 0 Å². The van der Waals surface area contributed by atoms with Gasteiger partial charge in [-0.25, -0.2) is 0 Å². The molecule has 3 heteroatoms. The van der Waals surface area contributed by atoms with E-state index in [-0.39, 0.29) is 0 Å². The number of hydrogen-bond donors (Lipinski definition) is 1. The van der Waals surface area contributed by atoms with Gasteiger partial charge in [-0.3, -0.25) is 4.98 Å². The summed E-state index contributed by atoms with van der Waals surface area (Å²) in [4.78, 5) is 7.06. The van der Waals surface area contributed by atoms with E-state index in [4.69, 9.17) is 0 Å². The van der Waals surface area contributed by atoms with Gasteiger partial charge in [-0.2, -0.15) is 0 Å². The van der Waals surface area contributed by atoms with Gasteiger partial charge in [-0.1, -0.05) is 32.0 Å². The summed E-state index contributed by atoms with van der Waals surface area (Å²) in [6.07, 6.45) is 4.28. The SMILES string of the molecule is CCC1CN(c2ccnc3ccccc23)C(CC)CN1. The molecule has 0 bridgehead atoms. The highest BCUT2D eigenvalue weighted by atomic mass is 15.2. The summed E-state index contributed by atoms with van der Waals surface area (Å²) < 4.78 is 0. The maximum atomic E-state index is 4.48. The van der Waals surface area contributed by atoms with E-state index in [0.717, 1.165) is 18.6 Å². The van der Waals surface area contributed by atoms with Crippen molar-refractivity contribution in [3.05, 3.63) is 36.5 Å². The Hall–Kier alpha value is -1.61. The van der Waals surface area contributed by atoms with Crippen molar-refractivity contribution in [2.45, 2.75) is 38.8 Å². The van der Waals surface area contributed by atoms with E-state index >= 15 is 0 Å². The Bertz CT molecular complexity index is 576. The Morgan fingerprint density at radius 1 is 1.20 bits per heavy atom. The molecule has 2 atom stereocenters. The Morgan fingerprint density at radius 2 is 2.05 bits per heavy atom. The lowest BCUT2D eigenvalue weighted by Crippen LogP contribution is -2.56. The minimum absolute atomic E-state index is 0.573. The van der Waals surface area contributed by atoms with Gasteiger partial charge in [0, 0.05) is 42.4 Å². The van der Waals surface area contributed by atoms with Gasteiger partial charge in [0.15, 0.2) is 0 Å². The minimum Gasteiger partial charge on any atom is -0.365 e. The molecular formula is C17H23N3. The average Bonchev–Trinajstić information content (AvgIpc) is 2.53. The molecule has 106 valence electrons. The molecular weight excluding hydrogens is 246 g/mol. The van der Waals surface area contributed by atoms with Crippen LogP contribution in [-0.2, 0) is 0 Å². The van der Waals surface area contributed by atoms with Crippen molar-refractivity contribution >= 4 is 16.6 Å². The molecule has 0 amide bonds. The second-order valence-electron chi connectivity index (χ2n) is 5.58. The molecule has 1 aromatic carbocycles. The van der Waals surface area contributed by atoms with Gasteiger partial charge in [-0.05, 0) is 25.0 Å². The zero-order valence-electron chi connectivity index (χ0n) is 12.3. The molecule has 0 spiro atoms. The molecule has 1 N–H and O–H groups in total. The Labute approximate surface area is 121 Å². The van der Waals surface area contributed by atoms with Gasteiger partial charge in [0.25, 0.3) is 0 Å². The first kappa shape index (κ1) is 13.4. The van der Waals surface area contributed by atoms with Gasteiger partial charge >= 0.3 is 0 Å². The Morgan fingerprint density at radius 3 is 2.85 bits per heavy atom. The number of para-hydroxylation sites is 1. The van der Waals surface area contributed by atoms with Crippen LogP contribution in [0.4, 0.5) is 5.69 Å². The van der Waals surface area contributed by atoms with Gasteiger partial charge in [0.05, 0.1) is 5.52 Å². The van der Waals surface area contributed by atoms with Crippen molar-refractivity contribution in [2.75, 3.05) is 18.0 Å². The van der Waals surface area contributed by atoms with E-state index in [1.807, 2.05) is 6.20 Å². The minimum atomic E-state index is 0.573. The van der Waals surface area contributed by atoms with E-state index in [0.29, 0.717) is 12.1 Å². The number of fused-ring (bicyclic) bond motifs is 1. The molecule has 1 aliphatic heterocycles. The van der Waals surface area contributed by atoms with Crippen LogP contribution in [-0.4, -0.2) is 30.2 Å². The molecule has 1 aromatic heterocycles. The maximum Gasteiger partial charge on any atom is 0.0722 e. The van der Waals surface area contributed by atoms with Crippen LogP contribution in [0.5, 0.6) is 0 Å². The summed E-state index contributed by atoms with van der Waals surface area (Å²) in [5, 5.41) is 4.93. The van der Waals surface area contributed by atoms with Crippen molar-refractivity contribution < 1.29 is 0 Å². The highest BCUT2D eigenvalue weighted by Gasteiger charge is 2.26. The third-order valence-electron chi connectivity index (χ3n) is 4.40. The van der Waals surface area contributed by atoms with E-state index in [2.05, 4.69) is 59.4 Å². The van der Waals surface area contributed by atoms with E-state index in [1.54, 1.807) is 0 Å². The highest BCUT2D eigenvalue weighted by molar-refractivity contribution is 5.91. The third kappa shape index (κ3) is 2.38. The van der Waals surface area contributed by atoms with Crippen molar-refractivity contribution in [3.8, 4) is 0 Å². The summed E-state index contributed by atoms with van der Waals surface area (Å²) in [6.45, 7) is 6.69. The van der Waals surface area contributed by atoms with Crippen LogP contribution in [0.25, 0.3) is 10.9 Å². The first-order valence-electron chi connectivity index (χ1n) is 7.67. The maximum absolute atomic E-state index is 4.48. The molecule has 3 nitrogen and oxygen atoms in total. The number of aromatic nitrogens is 1. The summed E-state index contributed by atoms with van der Waals surface area (Å²) in [5.74, 6) is 0. The Balaban J connectivity index is 2.03. The number of hydrogen-bond acceptors (Lipinski definition) is 3. The predicted molar refractivity (Wildman–Crippen MR) is 85.2 cm³/mol. The second kappa shape index (κ2) is 5.80. The molecule has 1 saturated heterocycles. The summed E-state index contributed by atoms with van der Waals surface area (Å²) in [7, 11) is 0. The number of anilines is 1. The van der Waals surface area contributed by atoms with Crippen molar-refractivity contribution in [2.24, 2.45) is 0 Å². The molecule has 0 aliphatic carbocycles. The van der Waals surface area contributed by atoms with Crippen LogP contribution < -0.4 is 10.2 Å². The van der Waals surface area contributed by atoms with Crippen LogP contribution in [0.1, 0.15) is 26.7 Å². The molecule has 1 aliphatic rings. The third-order valence-corrected chi connectivity index (χ3v) is 4.40. The normalized spacial score (nSPS) is 23.2. The molecule has 2 aromatic rings. The smallest absolute Gasteiger partial charge is 0.0722 e. The summed E-state index contributed by atoms with van der Waals surface area (Å²) in [6, 6.07) is 11.8. The number of benzene rings is 1. The lowest BCUT2D eigenvalue weighted by molar-refractivity contribution is 0.379. The number of nitrogens with one attached hydrogen (secondary N) is 1. The second-order valence-corrected chi connectivity index (χ2v) is 5.58. The molecule has 1 fully saturated rings. The number of nitrogens with zero attached hydrogens (tertiary/aromatic N) is 2. The predicted octanol–water partition coefficient (Wildman–Crippen LogP) is 3.20. The molecule has 3 rings (SSSR count). The first-order valence-corrected chi connectivity index (χ1v) is 7.67. The number of pyridine rings is 1. The Kier molecular flexibility index (Phi) is 3.88. The fourth-order valence-electron chi connectivity index (χ4n) is 3.13. The van der Waals surface area contributed by atoms with Crippen LogP contribution in [0.15, 0.2) is 36.5 Å². The van der Waals surface area contributed by atoms with Crippen LogP contribution in [0.3, 0.4) is 0 Å². The van der Waals surface area contributed by atoms with Crippen LogP contribution >= 0.6 is 0 Å². The van der Waals surface area contributed by atoms with Gasteiger partial charge < -0.3 is 10.2 Å². The zero-order valence-corrected chi connectivity index (χ0v) is 12.3. The summed E-state index contributed by atoms with van der Waals surface area (Å²) in [5.41, 5.74) is 2.42. The van der Waals surface area contributed by atoms with Crippen molar-refractivity contribution in [1.82, 2.24) is 10.3 Å². The van der Waals surface area contributed by atoms with Gasteiger partial charge in [0.2, 0.25) is 0 Å². The molecule has 0 radical (unpaired) electrons. The van der Waals surface area contributed by atoms with E-state index in [1.165, 1.54) is 23.9 Å². The summed E-state index contributed by atoms with van der Waals surface area (Å²) >= 11 is 0. The lowest BCUT2D eigenvalue weighted by Gasteiger charge is -2.42. The number of piperazine rings is 1. The average molecular weight is 269 g/mol. The molecule has 20 heavy (non-hydrogen) atoms. The van der Waals surface area contributed by atoms with Crippen molar-refractivity contribution in [1.29, 1.82) is 0 Å². The fourth-order valence-corrected chi connectivity index (χ4v) is 3.13. The van der Waals surface area contributed by atoms with Crippen LogP contribution in [0.2, 0.25) is 0 Å². The molecule has 2 unspecified atom stereocenters. The lowest BCUT2D eigenvalue weighted by atomic mass is 10.0. The number of rotatable bonds is 3. The first-order chi connectivity index (χ1) is 9.83. The quantitative estimate of drug-likeness (QED) is 0.927. The van der Waals surface area contributed by atoms with E-state index in [9.17, 15) is 0 Å². The van der Waals surface area contributed by atoms with Gasteiger partial charge in [-0.15, -0.1) is 0 Å². The zero-order chi connectivity index (χ0) is 13.9. The monoisotopic (exact) mass is 269 g/mol. The van der Waals surface area contributed by atoms with Crippen LogP contribution in [0, 0.1) is 0 Å². The molecule has 2 heterocycles. The molecule has 0 saturated carbocycles. The highest BCUT2D eigenvalue weighted by Crippen LogP contribution is 2.29. The topological polar surface area (TPSA) is 28.2 Å².